The summed E-state index contributed by atoms with van der Waals surface area (Å²) in [5, 5.41) is 9.75. The third-order valence-corrected chi connectivity index (χ3v) is 5.95. The molecule has 30 heavy (non-hydrogen) atoms. The summed E-state index contributed by atoms with van der Waals surface area (Å²) in [6.07, 6.45) is 4.96. The maximum absolute atomic E-state index is 6.31. The van der Waals surface area contributed by atoms with Crippen LogP contribution in [0.5, 0.6) is 11.5 Å². The Morgan fingerprint density at radius 2 is 1.97 bits per heavy atom. The number of thiazole rings is 1. The monoisotopic (exact) mass is 545 g/mol. The van der Waals surface area contributed by atoms with Gasteiger partial charge in [0, 0.05) is 38.6 Å². The van der Waals surface area contributed by atoms with Crippen molar-refractivity contribution in [2.75, 3.05) is 33.2 Å². The second-order valence-corrected chi connectivity index (χ2v) is 8.10. The molecule has 1 aromatic carbocycles. The van der Waals surface area contributed by atoms with Crippen LogP contribution in [0.15, 0.2) is 28.6 Å². The van der Waals surface area contributed by atoms with E-state index in [9.17, 15) is 0 Å². The molecule has 2 aromatic rings. The van der Waals surface area contributed by atoms with Gasteiger partial charge in [-0.2, -0.15) is 0 Å². The highest BCUT2D eigenvalue weighted by atomic mass is 127. The van der Waals surface area contributed by atoms with Gasteiger partial charge in [-0.1, -0.05) is 12.1 Å². The number of aliphatic imine (C=N–C) groups is 1. The van der Waals surface area contributed by atoms with Gasteiger partial charge in [-0.05, 0) is 31.7 Å². The van der Waals surface area contributed by atoms with Crippen molar-refractivity contribution in [3.05, 3.63) is 34.8 Å². The van der Waals surface area contributed by atoms with Crippen LogP contribution >= 0.6 is 35.3 Å². The summed E-state index contributed by atoms with van der Waals surface area (Å²) >= 11 is 1.63. The maximum Gasteiger partial charge on any atom is 0.191 e. The fraction of sp³-hybridized carbons (Fsp3) is 0.524. The first-order valence-corrected chi connectivity index (χ1v) is 10.9. The number of ether oxygens (including phenoxy) is 2. The number of aromatic nitrogens is 1. The number of hydrogen-bond acceptors (Lipinski definition) is 6. The SMILES string of the molecule is CN=C(NCc1csc(N(C)C)n1)NCc1cccc(OC)c1OC1CCCC1.I. The van der Waals surface area contributed by atoms with E-state index in [1.807, 2.05) is 31.1 Å². The number of para-hydroxylation sites is 1. The molecule has 166 valence electrons. The van der Waals surface area contributed by atoms with Gasteiger partial charge in [0.15, 0.2) is 22.6 Å². The standard InChI is InChI=1S/C21H31N5O2S.HI/c1-22-20(24-13-16-14-29-21(25-16)26(2)3)23-12-15-8-7-11-18(27-4)19(15)28-17-9-5-6-10-17;/h7-8,11,14,17H,5-6,9-10,12-13H2,1-4H3,(H2,22,23,24);1H. The normalized spacial score (nSPS) is 14.2. The van der Waals surface area contributed by atoms with Gasteiger partial charge in [0.2, 0.25) is 0 Å². The van der Waals surface area contributed by atoms with Crippen molar-refractivity contribution in [2.45, 2.75) is 44.9 Å². The summed E-state index contributed by atoms with van der Waals surface area (Å²) in [4.78, 5) is 10.9. The molecule has 0 saturated heterocycles. The molecule has 1 aliphatic carbocycles. The van der Waals surface area contributed by atoms with Crippen molar-refractivity contribution in [2.24, 2.45) is 4.99 Å². The van der Waals surface area contributed by atoms with Crippen molar-refractivity contribution in [3.63, 3.8) is 0 Å². The summed E-state index contributed by atoms with van der Waals surface area (Å²) in [5.74, 6) is 2.33. The van der Waals surface area contributed by atoms with Crippen molar-refractivity contribution >= 4 is 46.4 Å². The summed E-state index contributed by atoms with van der Waals surface area (Å²) in [6.45, 7) is 1.21. The zero-order valence-electron chi connectivity index (χ0n) is 18.1. The van der Waals surface area contributed by atoms with Crippen molar-refractivity contribution in [3.8, 4) is 11.5 Å². The van der Waals surface area contributed by atoms with Gasteiger partial charge in [-0.3, -0.25) is 4.99 Å². The largest absolute Gasteiger partial charge is 0.493 e. The minimum absolute atomic E-state index is 0. The van der Waals surface area contributed by atoms with Crippen LogP contribution in [-0.4, -0.2) is 45.3 Å². The third kappa shape index (κ3) is 6.63. The summed E-state index contributed by atoms with van der Waals surface area (Å²) in [7, 11) is 7.44. The topological polar surface area (TPSA) is 71.0 Å². The lowest BCUT2D eigenvalue weighted by Gasteiger charge is -2.20. The first kappa shape index (κ1) is 24.5. The zero-order valence-corrected chi connectivity index (χ0v) is 21.3. The van der Waals surface area contributed by atoms with Gasteiger partial charge in [0.05, 0.1) is 25.5 Å². The molecular weight excluding hydrogens is 513 g/mol. The molecule has 1 fully saturated rings. The van der Waals surface area contributed by atoms with Gasteiger partial charge in [-0.15, -0.1) is 35.3 Å². The highest BCUT2D eigenvalue weighted by Gasteiger charge is 2.20. The maximum atomic E-state index is 6.31. The second-order valence-electron chi connectivity index (χ2n) is 7.27. The zero-order chi connectivity index (χ0) is 20.6. The Hall–Kier alpha value is -1.75. The van der Waals surface area contributed by atoms with E-state index in [4.69, 9.17) is 9.47 Å². The van der Waals surface area contributed by atoms with Gasteiger partial charge in [-0.25, -0.2) is 4.98 Å². The van der Waals surface area contributed by atoms with Crippen LogP contribution in [0.25, 0.3) is 0 Å². The van der Waals surface area contributed by atoms with Gasteiger partial charge in [0.25, 0.3) is 0 Å². The van der Waals surface area contributed by atoms with Crippen LogP contribution < -0.4 is 25.0 Å². The Labute approximate surface area is 200 Å². The molecular formula is C21H32IN5O2S. The Morgan fingerprint density at radius 1 is 1.23 bits per heavy atom. The molecule has 1 aliphatic rings. The van der Waals surface area contributed by atoms with Crippen LogP contribution in [0.1, 0.15) is 36.9 Å². The Kier molecular flexibility index (Phi) is 9.96. The number of rotatable bonds is 8. The summed E-state index contributed by atoms with van der Waals surface area (Å²) in [6, 6.07) is 6.01. The van der Waals surface area contributed by atoms with E-state index in [1.165, 1.54) is 12.8 Å². The minimum atomic E-state index is 0. The number of nitrogens with zero attached hydrogens (tertiary/aromatic N) is 3. The first-order chi connectivity index (χ1) is 14.1. The molecule has 0 aliphatic heterocycles. The lowest BCUT2D eigenvalue weighted by atomic mass is 10.1. The van der Waals surface area contributed by atoms with Gasteiger partial charge < -0.3 is 25.0 Å². The number of hydrogen-bond donors (Lipinski definition) is 2. The number of methoxy groups -OCH3 is 1. The minimum Gasteiger partial charge on any atom is -0.493 e. The molecule has 1 aromatic heterocycles. The lowest BCUT2D eigenvalue weighted by Crippen LogP contribution is -2.36. The molecule has 0 amide bonds. The van der Waals surface area contributed by atoms with E-state index in [0.29, 0.717) is 13.1 Å². The second kappa shape index (κ2) is 12.2. The predicted octanol–water partition coefficient (Wildman–Crippen LogP) is 4.02. The van der Waals surface area contributed by atoms with Crippen molar-refractivity contribution in [1.82, 2.24) is 15.6 Å². The molecule has 0 spiro atoms. The third-order valence-electron chi connectivity index (χ3n) is 4.90. The number of nitrogens with one attached hydrogen (secondary N) is 2. The molecule has 0 atom stereocenters. The number of benzene rings is 1. The number of anilines is 1. The summed E-state index contributed by atoms with van der Waals surface area (Å²) < 4.78 is 11.9. The molecule has 2 N–H and O–H groups in total. The van der Waals surface area contributed by atoms with Crippen LogP contribution in [-0.2, 0) is 13.1 Å². The highest BCUT2D eigenvalue weighted by Crippen LogP contribution is 2.34. The summed E-state index contributed by atoms with van der Waals surface area (Å²) in [5.41, 5.74) is 2.05. The van der Waals surface area contributed by atoms with Crippen LogP contribution in [0.3, 0.4) is 0 Å². The molecule has 1 heterocycles. The van der Waals surface area contributed by atoms with E-state index in [-0.39, 0.29) is 30.1 Å². The average Bonchev–Trinajstić information content (AvgIpc) is 3.41. The molecule has 0 radical (unpaired) electrons. The number of halogens is 1. The molecule has 0 unspecified atom stereocenters. The predicted molar refractivity (Wildman–Crippen MR) is 135 cm³/mol. The van der Waals surface area contributed by atoms with E-state index in [1.54, 1.807) is 25.5 Å². The van der Waals surface area contributed by atoms with E-state index in [2.05, 4.69) is 32.1 Å². The molecule has 0 bridgehead atoms. The first-order valence-electron chi connectivity index (χ1n) is 9.99. The fourth-order valence-electron chi connectivity index (χ4n) is 3.32. The Morgan fingerprint density at radius 3 is 2.60 bits per heavy atom. The Bertz CT molecular complexity index is 821. The van der Waals surface area contributed by atoms with Crippen molar-refractivity contribution < 1.29 is 9.47 Å². The lowest BCUT2D eigenvalue weighted by molar-refractivity contribution is 0.198. The quantitative estimate of drug-likeness (QED) is 0.297. The number of guanidine groups is 1. The smallest absolute Gasteiger partial charge is 0.191 e. The van der Waals surface area contributed by atoms with Gasteiger partial charge >= 0.3 is 0 Å². The van der Waals surface area contributed by atoms with Crippen LogP contribution in [0, 0.1) is 0 Å². The molecule has 3 rings (SSSR count). The van der Waals surface area contributed by atoms with Crippen LogP contribution in [0.4, 0.5) is 5.13 Å². The fourth-order valence-corrected chi connectivity index (χ4v) is 4.08. The van der Waals surface area contributed by atoms with Crippen LogP contribution in [0.2, 0.25) is 0 Å². The molecule has 9 heteroatoms. The highest BCUT2D eigenvalue weighted by molar-refractivity contribution is 14.0. The molecule has 1 saturated carbocycles. The Balaban J connectivity index is 0.00000320. The van der Waals surface area contributed by atoms with E-state index < -0.39 is 0 Å². The van der Waals surface area contributed by atoms with Gasteiger partial charge in [0.1, 0.15) is 0 Å². The van der Waals surface area contributed by atoms with E-state index >= 15 is 0 Å². The van der Waals surface area contributed by atoms with E-state index in [0.717, 1.165) is 46.7 Å². The molecule has 7 nitrogen and oxygen atoms in total. The average molecular weight is 545 g/mol. The van der Waals surface area contributed by atoms with Crippen molar-refractivity contribution in [1.29, 1.82) is 0 Å².